The van der Waals surface area contributed by atoms with E-state index < -0.39 is 5.91 Å². The number of pyridine rings is 1. The number of rotatable bonds is 1. The fourth-order valence-corrected chi connectivity index (χ4v) is 1.01. The fourth-order valence-electron chi connectivity index (χ4n) is 1.01. The number of aromatic nitrogens is 1. The summed E-state index contributed by atoms with van der Waals surface area (Å²) in [5, 5.41) is 2.99. The maximum atomic E-state index is 11.1. The van der Waals surface area contributed by atoms with Crippen LogP contribution < -0.4 is 0 Å². The molecule has 1 amide bonds. The summed E-state index contributed by atoms with van der Waals surface area (Å²) in [5.74, 6) is -0.590. The summed E-state index contributed by atoms with van der Waals surface area (Å²) in [6, 6.07) is 3.31. The van der Waals surface area contributed by atoms with Crippen molar-refractivity contribution in [3.05, 3.63) is 39.5 Å². The highest BCUT2D eigenvalue weighted by Gasteiger charge is 2.06. The maximum Gasteiger partial charge on any atom is 0.250 e. The van der Waals surface area contributed by atoms with Gasteiger partial charge < -0.3 is 0 Å². The SMILES string of the molecule is Cc1ccc(C(=O)N=[N+]=[N-])c(C)n1. The van der Waals surface area contributed by atoms with Gasteiger partial charge in [-0.05, 0) is 36.6 Å². The van der Waals surface area contributed by atoms with Crippen LogP contribution in [0.2, 0.25) is 0 Å². The molecule has 13 heavy (non-hydrogen) atoms. The molecule has 0 saturated heterocycles. The van der Waals surface area contributed by atoms with Crippen molar-refractivity contribution in [1.82, 2.24) is 4.98 Å². The number of nitrogens with zero attached hydrogens (tertiary/aromatic N) is 4. The summed E-state index contributed by atoms with van der Waals surface area (Å²) >= 11 is 0. The number of azide groups is 1. The minimum Gasteiger partial charge on any atom is -0.287 e. The van der Waals surface area contributed by atoms with Gasteiger partial charge >= 0.3 is 0 Å². The Morgan fingerprint density at radius 1 is 1.54 bits per heavy atom. The monoisotopic (exact) mass is 176 g/mol. The molecule has 1 rings (SSSR count). The summed E-state index contributed by atoms with van der Waals surface area (Å²) < 4.78 is 0. The van der Waals surface area contributed by atoms with Gasteiger partial charge in [0.25, 0.3) is 5.91 Å². The van der Waals surface area contributed by atoms with Gasteiger partial charge in [-0.2, -0.15) is 0 Å². The van der Waals surface area contributed by atoms with E-state index in [1.54, 1.807) is 19.1 Å². The zero-order valence-corrected chi connectivity index (χ0v) is 7.35. The van der Waals surface area contributed by atoms with Crippen molar-refractivity contribution in [1.29, 1.82) is 0 Å². The van der Waals surface area contributed by atoms with Crippen molar-refractivity contribution in [2.45, 2.75) is 13.8 Å². The van der Waals surface area contributed by atoms with Crippen LogP contribution in [0.1, 0.15) is 21.7 Å². The second kappa shape index (κ2) is 3.69. The normalized spacial score (nSPS) is 9.08. The highest BCUT2D eigenvalue weighted by atomic mass is 16.1. The molecule has 1 aromatic heterocycles. The zero-order chi connectivity index (χ0) is 9.84. The summed E-state index contributed by atoms with van der Waals surface area (Å²) in [5.41, 5.74) is 9.82. The molecule has 0 aliphatic rings. The van der Waals surface area contributed by atoms with E-state index in [-0.39, 0.29) is 0 Å². The number of aryl methyl sites for hydroxylation is 2. The largest absolute Gasteiger partial charge is 0.287 e. The topological polar surface area (TPSA) is 78.7 Å². The molecule has 0 spiro atoms. The Labute approximate surface area is 75.0 Å². The van der Waals surface area contributed by atoms with Gasteiger partial charge in [-0.15, -0.1) is 0 Å². The van der Waals surface area contributed by atoms with Crippen molar-refractivity contribution < 1.29 is 4.79 Å². The Morgan fingerprint density at radius 2 is 2.23 bits per heavy atom. The van der Waals surface area contributed by atoms with Gasteiger partial charge in [0, 0.05) is 21.9 Å². The predicted molar refractivity (Wildman–Crippen MR) is 47.2 cm³/mol. The van der Waals surface area contributed by atoms with Crippen LogP contribution in [-0.4, -0.2) is 10.9 Å². The molecular formula is C8H8N4O. The molecule has 0 radical (unpaired) electrons. The average Bonchev–Trinajstić information content (AvgIpc) is 2.04. The van der Waals surface area contributed by atoms with E-state index in [4.69, 9.17) is 5.53 Å². The molecule has 5 nitrogen and oxygen atoms in total. The van der Waals surface area contributed by atoms with E-state index in [9.17, 15) is 4.79 Å². The summed E-state index contributed by atoms with van der Waals surface area (Å²) in [7, 11) is 0. The van der Waals surface area contributed by atoms with Gasteiger partial charge in [0.15, 0.2) is 0 Å². The minimum atomic E-state index is -0.590. The van der Waals surface area contributed by atoms with Gasteiger partial charge in [-0.25, -0.2) is 0 Å². The molecule has 0 saturated carbocycles. The molecule has 1 heterocycles. The second-order valence-corrected chi connectivity index (χ2v) is 2.58. The maximum absolute atomic E-state index is 11.1. The third-order valence-corrected chi connectivity index (χ3v) is 1.59. The van der Waals surface area contributed by atoms with E-state index in [0.29, 0.717) is 11.3 Å². The molecule has 0 fully saturated rings. The highest BCUT2D eigenvalue weighted by molar-refractivity contribution is 5.95. The molecular weight excluding hydrogens is 168 g/mol. The molecule has 0 atom stereocenters. The van der Waals surface area contributed by atoms with Crippen molar-refractivity contribution in [3.8, 4) is 0 Å². The number of carbonyl (C=O) groups is 1. The van der Waals surface area contributed by atoms with E-state index in [0.717, 1.165) is 5.69 Å². The average molecular weight is 176 g/mol. The Kier molecular flexibility index (Phi) is 2.62. The van der Waals surface area contributed by atoms with Gasteiger partial charge in [-0.1, -0.05) is 0 Å². The van der Waals surface area contributed by atoms with Gasteiger partial charge in [0.05, 0.1) is 0 Å². The number of hydrogen-bond donors (Lipinski definition) is 0. The van der Waals surface area contributed by atoms with Crippen LogP contribution in [0.5, 0.6) is 0 Å². The van der Waals surface area contributed by atoms with Crippen LogP contribution in [0.25, 0.3) is 10.4 Å². The molecule has 0 bridgehead atoms. The van der Waals surface area contributed by atoms with Gasteiger partial charge in [-0.3, -0.25) is 9.78 Å². The first-order valence-corrected chi connectivity index (χ1v) is 3.69. The minimum absolute atomic E-state index is 0.350. The lowest BCUT2D eigenvalue weighted by Crippen LogP contribution is -2.00. The Morgan fingerprint density at radius 3 is 2.77 bits per heavy atom. The fraction of sp³-hybridized carbons (Fsp3) is 0.250. The van der Waals surface area contributed by atoms with E-state index in [1.165, 1.54) is 0 Å². The van der Waals surface area contributed by atoms with E-state index in [2.05, 4.69) is 15.0 Å². The molecule has 0 aliphatic heterocycles. The molecule has 1 aromatic rings. The molecule has 0 unspecified atom stereocenters. The number of carbonyl (C=O) groups excluding carboxylic acids is 1. The van der Waals surface area contributed by atoms with Gasteiger partial charge in [0.2, 0.25) is 0 Å². The molecule has 66 valence electrons. The van der Waals surface area contributed by atoms with Crippen molar-refractivity contribution >= 4 is 5.91 Å². The van der Waals surface area contributed by atoms with E-state index >= 15 is 0 Å². The molecule has 5 heteroatoms. The van der Waals surface area contributed by atoms with Gasteiger partial charge in [0.1, 0.15) is 0 Å². The summed E-state index contributed by atoms with van der Waals surface area (Å²) in [6.07, 6.45) is 0. The smallest absolute Gasteiger partial charge is 0.250 e. The lowest BCUT2D eigenvalue weighted by molar-refractivity contribution is 0.0999. The van der Waals surface area contributed by atoms with Crippen molar-refractivity contribution in [2.75, 3.05) is 0 Å². The predicted octanol–water partition coefficient (Wildman–Crippen LogP) is 2.15. The Balaban J connectivity index is 3.16. The third-order valence-electron chi connectivity index (χ3n) is 1.59. The standard InChI is InChI=1S/C8H8N4O/c1-5-3-4-7(6(2)10-5)8(13)11-12-9/h3-4H,1-2H3. The first-order chi connectivity index (χ1) is 6.15. The Hall–Kier alpha value is -1.87. The van der Waals surface area contributed by atoms with Crippen LogP contribution in [0.15, 0.2) is 17.2 Å². The third kappa shape index (κ3) is 2.04. The van der Waals surface area contributed by atoms with Crippen LogP contribution in [-0.2, 0) is 0 Å². The highest BCUT2D eigenvalue weighted by Crippen LogP contribution is 2.07. The summed E-state index contributed by atoms with van der Waals surface area (Å²) in [6.45, 7) is 3.53. The lowest BCUT2D eigenvalue weighted by Gasteiger charge is -2.00. The Bertz CT molecular complexity index is 393. The second-order valence-electron chi connectivity index (χ2n) is 2.58. The molecule has 0 aromatic carbocycles. The number of hydrogen-bond acceptors (Lipinski definition) is 2. The van der Waals surface area contributed by atoms with Crippen LogP contribution in [0, 0.1) is 13.8 Å². The lowest BCUT2D eigenvalue weighted by atomic mass is 10.2. The quantitative estimate of drug-likeness (QED) is 0.373. The zero-order valence-electron chi connectivity index (χ0n) is 7.35. The van der Waals surface area contributed by atoms with Crippen molar-refractivity contribution in [3.63, 3.8) is 0 Å². The van der Waals surface area contributed by atoms with Crippen LogP contribution in [0.3, 0.4) is 0 Å². The van der Waals surface area contributed by atoms with Crippen molar-refractivity contribution in [2.24, 2.45) is 5.11 Å². The van der Waals surface area contributed by atoms with Crippen LogP contribution >= 0.6 is 0 Å². The molecule has 0 aliphatic carbocycles. The van der Waals surface area contributed by atoms with Crippen LogP contribution in [0.4, 0.5) is 0 Å². The first-order valence-electron chi connectivity index (χ1n) is 3.69. The first kappa shape index (κ1) is 9.22. The number of amides is 1. The molecule has 0 N–H and O–H groups in total. The van der Waals surface area contributed by atoms with E-state index in [1.807, 2.05) is 6.92 Å². The summed E-state index contributed by atoms with van der Waals surface area (Å²) in [4.78, 5) is 17.6.